The van der Waals surface area contributed by atoms with Gasteiger partial charge in [0, 0.05) is 37.4 Å². The maximum atomic E-state index is 13.2. The standard InChI is InChI=1S/C32H37N5O3S/c1-4-23(3)30(22-37(41(39,40)5-2)21-27-11-8-10-26-9-6-7-12-29(26)27)36-32(38)18-28-20-34-31(35-28)17-24-13-15-25(19-33)16-14-24/h6-16,20,23,30H,4-5,17-18,21-22H2,1-3H3,(H,34,35)(H,36,38)/t23-,30+/m0/s1. The van der Waals surface area contributed by atoms with E-state index in [0.29, 0.717) is 17.7 Å². The lowest BCUT2D eigenvalue weighted by Crippen LogP contribution is -2.49. The number of carbonyl (C=O) groups excluding carboxylic acids is 1. The Labute approximate surface area is 242 Å². The second-order valence-corrected chi connectivity index (χ2v) is 12.7. The Morgan fingerprint density at radius 3 is 2.51 bits per heavy atom. The summed E-state index contributed by atoms with van der Waals surface area (Å²) < 4.78 is 28.0. The number of imidazole rings is 1. The average Bonchev–Trinajstić information content (AvgIpc) is 3.42. The first-order chi connectivity index (χ1) is 19.7. The number of sulfonamides is 1. The topological polar surface area (TPSA) is 119 Å². The van der Waals surface area contributed by atoms with Crippen molar-refractivity contribution in [1.29, 1.82) is 5.26 Å². The molecule has 2 atom stereocenters. The predicted octanol–water partition coefficient (Wildman–Crippen LogP) is 4.95. The number of H-pyrrole nitrogens is 1. The van der Waals surface area contributed by atoms with E-state index < -0.39 is 10.0 Å². The van der Waals surface area contributed by atoms with Gasteiger partial charge in [-0.3, -0.25) is 4.79 Å². The van der Waals surface area contributed by atoms with Gasteiger partial charge in [-0.2, -0.15) is 9.57 Å². The fourth-order valence-electron chi connectivity index (χ4n) is 4.86. The Balaban J connectivity index is 1.46. The van der Waals surface area contributed by atoms with Gasteiger partial charge in [0.05, 0.1) is 23.8 Å². The number of carbonyl (C=O) groups is 1. The molecular formula is C32H37N5O3S. The molecule has 0 unspecified atom stereocenters. The summed E-state index contributed by atoms with van der Waals surface area (Å²) in [5, 5.41) is 14.2. The van der Waals surface area contributed by atoms with Crippen molar-refractivity contribution < 1.29 is 13.2 Å². The van der Waals surface area contributed by atoms with Crippen molar-refractivity contribution in [3.05, 3.63) is 101 Å². The Bertz CT molecular complexity index is 1620. The van der Waals surface area contributed by atoms with Gasteiger partial charge in [0.1, 0.15) is 5.82 Å². The molecule has 41 heavy (non-hydrogen) atoms. The molecule has 0 aliphatic rings. The van der Waals surface area contributed by atoms with Gasteiger partial charge in [-0.1, -0.05) is 74.9 Å². The van der Waals surface area contributed by atoms with Gasteiger partial charge >= 0.3 is 0 Å². The molecule has 1 heterocycles. The molecule has 214 valence electrons. The van der Waals surface area contributed by atoms with Crippen molar-refractivity contribution in [2.24, 2.45) is 5.92 Å². The van der Waals surface area contributed by atoms with Crippen LogP contribution in [0.2, 0.25) is 0 Å². The second kappa shape index (κ2) is 13.6. The molecule has 1 amide bonds. The maximum Gasteiger partial charge on any atom is 0.226 e. The summed E-state index contributed by atoms with van der Waals surface area (Å²) >= 11 is 0. The SMILES string of the molecule is CC[C@H](C)[C@@H](CN(Cc1cccc2ccccc12)S(=O)(=O)CC)NC(=O)Cc1cnc(Cc2ccc(C#N)cc2)[nH]1. The largest absolute Gasteiger partial charge is 0.351 e. The zero-order chi connectivity index (χ0) is 29.4. The highest BCUT2D eigenvalue weighted by atomic mass is 32.2. The lowest BCUT2D eigenvalue weighted by atomic mass is 9.98. The van der Waals surface area contributed by atoms with Gasteiger partial charge in [0.25, 0.3) is 0 Å². The second-order valence-electron chi connectivity index (χ2n) is 10.4. The fraction of sp³-hybridized carbons (Fsp3) is 0.344. The van der Waals surface area contributed by atoms with Crippen molar-refractivity contribution in [2.45, 2.75) is 52.6 Å². The number of nitrogens with one attached hydrogen (secondary N) is 2. The molecule has 0 fully saturated rings. The van der Waals surface area contributed by atoms with Crippen molar-refractivity contribution in [2.75, 3.05) is 12.3 Å². The Morgan fingerprint density at radius 2 is 1.80 bits per heavy atom. The molecule has 4 aromatic rings. The first-order valence-electron chi connectivity index (χ1n) is 14.0. The number of rotatable bonds is 13. The average molecular weight is 572 g/mol. The van der Waals surface area contributed by atoms with E-state index in [0.717, 1.165) is 34.1 Å². The van der Waals surface area contributed by atoms with Crippen LogP contribution in [0.3, 0.4) is 0 Å². The number of aromatic amines is 1. The molecule has 0 radical (unpaired) electrons. The minimum Gasteiger partial charge on any atom is -0.351 e. The van der Waals surface area contributed by atoms with Gasteiger partial charge in [0.15, 0.2) is 0 Å². The highest BCUT2D eigenvalue weighted by molar-refractivity contribution is 7.89. The lowest BCUT2D eigenvalue weighted by Gasteiger charge is -2.31. The van der Waals surface area contributed by atoms with Crippen LogP contribution in [0, 0.1) is 17.2 Å². The molecule has 0 aliphatic heterocycles. The summed E-state index contributed by atoms with van der Waals surface area (Å²) in [7, 11) is -3.54. The van der Waals surface area contributed by atoms with Crippen LogP contribution in [0.5, 0.6) is 0 Å². The first kappa shape index (κ1) is 30.0. The predicted molar refractivity (Wildman–Crippen MR) is 161 cm³/mol. The van der Waals surface area contributed by atoms with Crippen LogP contribution in [0.15, 0.2) is 72.9 Å². The number of fused-ring (bicyclic) bond motifs is 1. The first-order valence-corrected chi connectivity index (χ1v) is 15.6. The number of nitriles is 1. The van der Waals surface area contributed by atoms with Crippen LogP contribution in [-0.2, 0) is 34.2 Å². The number of amides is 1. The minimum absolute atomic E-state index is 0.0188. The van der Waals surface area contributed by atoms with E-state index in [2.05, 4.69) is 21.4 Å². The van der Waals surface area contributed by atoms with E-state index in [4.69, 9.17) is 5.26 Å². The third kappa shape index (κ3) is 7.81. The number of hydrogen-bond acceptors (Lipinski definition) is 5. The van der Waals surface area contributed by atoms with Crippen molar-refractivity contribution in [1.82, 2.24) is 19.6 Å². The number of hydrogen-bond donors (Lipinski definition) is 2. The molecule has 4 rings (SSSR count). The summed E-state index contributed by atoms with van der Waals surface area (Å²) in [4.78, 5) is 20.8. The molecule has 0 aliphatic carbocycles. The van der Waals surface area contributed by atoms with Gasteiger partial charge in [0.2, 0.25) is 15.9 Å². The van der Waals surface area contributed by atoms with Crippen LogP contribution in [-0.4, -0.2) is 46.9 Å². The van der Waals surface area contributed by atoms with Crippen LogP contribution in [0.25, 0.3) is 10.8 Å². The summed E-state index contributed by atoms with van der Waals surface area (Å²) in [5.41, 5.74) is 3.22. The van der Waals surface area contributed by atoms with E-state index in [1.54, 1.807) is 25.3 Å². The Morgan fingerprint density at radius 1 is 1.07 bits per heavy atom. The molecule has 0 spiro atoms. The summed E-state index contributed by atoms with van der Waals surface area (Å²) in [6.45, 7) is 6.14. The summed E-state index contributed by atoms with van der Waals surface area (Å²) in [6.07, 6.45) is 3.11. The Hall–Kier alpha value is -4.00. The van der Waals surface area contributed by atoms with E-state index in [9.17, 15) is 13.2 Å². The number of nitrogens with zero attached hydrogens (tertiary/aromatic N) is 3. The zero-order valence-corrected chi connectivity index (χ0v) is 24.6. The van der Waals surface area contributed by atoms with Crippen molar-refractivity contribution >= 4 is 26.7 Å². The number of aromatic nitrogens is 2. The highest BCUT2D eigenvalue weighted by Crippen LogP contribution is 2.22. The molecule has 0 bridgehead atoms. The summed E-state index contributed by atoms with van der Waals surface area (Å²) in [6, 6.07) is 22.9. The van der Waals surface area contributed by atoms with Gasteiger partial charge in [-0.05, 0) is 46.9 Å². The molecule has 2 N–H and O–H groups in total. The third-order valence-corrected chi connectivity index (χ3v) is 9.34. The van der Waals surface area contributed by atoms with E-state index in [1.807, 2.05) is 68.4 Å². The van der Waals surface area contributed by atoms with Crippen LogP contribution < -0.4 is 5.32 Å². The van der Waals surface area contributed by atoms with Gasteiger partial charge in [-0.25, -0.2) is 13.4 Å². The lowest BCUT2D eigenvalue weighted by molar-refractivity contribution is -0.121. The monoisotopic (exact) mass is 571 g/mol. The molecule has 0 saturated heterocycles. The molecule has 3 aromatic carbocycles. The highest BCUT2D eigenvalue weighted by Gasteiger charge is 2.28. The zero-order valence-electron chi connectivity index (χ0n) is 23.8. The van der Waals surface area contributed by atoms with E-state index in [1.165, 1.54) is 4.31 Å². The molecular weight excluding hydrogens is 534 g/mol. The van der Waals surface area contributed by atoms with Crippen molar-refractivity contribution in [3.8, 4) is 6.07 Å². The van der Waals surface area contributed by atoms with Crippen LogP contribution in [0.4, 0.5) is 0 Å². The maximum absolute atomic E-state index is 13.2. The molecule has 9 heteroatoms. The van der Waals surface area contributed by atoms with Crippen LogP contribution >= 0.6 is 0 Å². The van der Waals surface area contributed by atoms with Crippen LogP contribution in [0.1, 0.15) is 55.4 Å². The van der Waals surface area contributed by atoms with E-state index >= 15 is 0 Å². The van der Waals surface area contributed by atoms with Gasteiger partial charge < -0.3 is 10.3 Å². The third-order valence-electron chi connectivity index (χ3n) is 7.55. The van der Waals surface area contributed by atoms with Crippen molar-refractivity contribution in [3.63, 3.8) is 0 Å². The molecule has 0 saturated carbocycles. The quantitative estimate of drug-likeness (QED) is 0.235. The molecule has 1 aromatic heterocycles. The fourth-order valence-corrected chi connectivity index (χ4v) is 5.95. The van der Waals surface area contributed by atoms with E-state index in [-0.39, 0.29) is 43.1 Å². The summed E-state index contributed by atoms with van der Waals surface area (Å²) in [5.74, 6) is 0.582. The van der Waals surface area contributed by atoms with Gasteiger partial charge in [-0.15, -0.1) is 0 Å². The molecule has 8 nitrogen and oxygen atoms in total. The minimum atomic E-state index is -3.54. The smallest absolute Gasteiger partial charge is 0.226 e. The normalized spacial score (nSPS) is 13.1. The Kier molecular flexibility index (Phi) is 9.92. The number of benzene rings is 3.